The van der Waals surface area contributed by atoms with Crippen LogP contribution >= 0.6 is 0 Å². The van der Waals surface area contributed by atoms with Crippen molar-refractivity contribution in [2.24, 2.45) is 0 Å². The number of hydrogen-bond acceptors (Lipinski definition) is 3. The van der Waals surface area contributed by atoms with Crippen LogP contribution in [-0.2, 0) is 13.0 Å². The monoisotopic (exact) mass is 358 g/mol. The highest BCUT2D eigenvalue weighted by Crippen LogP contribution is 2.17. The van der Waals surface area contributed by atoms with Gasteiger partial charge in [0, 0.05) is 35.8 Å². The highest BCUT2D eigenvalue weighted by Gasteiger charge is 2.12. The molecular weight excluding hydrogens is 335 g/mol. The van der Waals surface area contributed by atoms with Crippen molar-refractivity contribution in [3.05, 3.63) is 52.8 Å². The fraction of sp³-hybridized carbons (Fsp3) is 0.368. The van der Waals surface area contributed by atoms with E-state index in [0.29, 0.717) is 13.1 Å². The topological polar surface area (TPSA) is 74.2 Å². The summed E-state index contributed by atoms with van der Waals surface area (Å²) in [6.07, 6.45) is 1.63. The van der Waals surface area contributed by atoms with Gasteiger partial charge >= 0.3 is 6.03 Å². The van der Waals surface area contributed by atoms with Gasteiger partial charge in [-0.25, -0.2) is 9.18 Å². The van der Waals surface area contributed by atoms with E-state index < -0.39 is 0 Å². The Morgan fingerprint density at radius 1 is 1.35 bits per heavy atom. The summed E-state index contributed by atoms with van der Waals surface area (Å²) in [5.74, 6) is 0.564. The summed E-state index contributed by atoms with van der Waals surface area (Å²) < 4.78 is 18.4. The van der Waals surface area contributed by atoms with Gasteiger partial charge in [0.05, 0.1) is 12.2 Å². The van der Waals surface area contributed by atoms with E-state index in [1.165, 1.54) is 12.1 Å². The first-order valence-corrected chi connectivity index (χ1v) is 8.62. The number of nitrogens with zero attached hydrogens (tertiary/aromatic N) is 2. The van der Waals surface area contributed by atoms with Gasteiger partial charge in [-0.05, 0) is 51.0 Å². The molecule has 26 heavy (non-hydrogen) atoms. The molecule has 3 rings (SSSR count). The Balaban J connectivity index is 1.48. The smallest absolute Gasteiger partial charge is 0.317 e. The molecule has 0 radical (unpaired) electrons. The number of H-pyrrole nitrogens is 1. The molecule has 0 saturated heterocycles. The first-order valence-electron chi connectivity index (χ1n) is 8.62. The quantitative estimate of drug-likeness (QED) is 0.660. The van der Waals surface area contributed by atoms with E-state index in [-0.39, 0.29) is 11.8 Å². The number of urea groups is 1. The number of aromatic nitrogens is 2. The van der Waals surface area contributed by atoms with Crippen molar-refractivity contribution in [1.29, 1.82) is 0 Å². The molecule has 3 aromatic rings. The number of aromatic amines is 1. The Bertz CT molecular complexity index is 896. The molecule has 6 nitrogen and oxygen atoms in total. The molecule has 0 aliphatic carbocycles. The van der Waals surface area contributed by atoms with Gasteiger partial charge < -0.3 is 19.7 Å². The van der Waals surface area contributed by atoms with Crippen LogP contribution in [-0.4, -0.2) is 34.7 Å². The first-order chi connectivity index (χ1) is 12.4. The second kappa shape index (κ2) is 7.59. The van der Waals surface area contributed by atoms with Crippen molar-refractivity contribution in [2.45, 2.75) is 33.2 Å². The number of rotatable bonds is 6. The van der Waals surface area contributed by atoms with Crippen LogP contribution in [0.4, 0.5) is 9.18 Å². The first kappa shape index (κ1) is 18.0. The predicted molar refractivity (Wildman–Crippen MR) is 97.4 cm³/mol. The third kappa shape index (κ3) is 4.04. The van der Waals surface area contributed by atoms with Crippen molar-refractivity contribution >= 4 is 16.9 Å². The van der Waals surface area contributed by atoms with Gasteiger partial charge in [-0.2, -0.15) is 0 Å². The molecule has 0 aliphatic heterocycles. The van der Waals surface area contributed by atoms with E-state index in [9.17, 15) is 9.18 Å². The van der Waals surface area contributed by atoms with Crippen molar-refractivity contribution < 1.29 is 13.7 Å². The minimum absolute atomic E-state index is 0.145. The van der Waals surface area contributed by atoms with Crippen molar-refractivity contribution in [2.75, 3.05) is 13.6 Å². The van der Waals surface area contributed by atoms with E-state index in [0.717, 1.165) is 46.5 Å². The number of fused-ring (bicyclic) bond motifs is 1. The SMILES string of the molecule is Cc1noc(C)c1CCCNC(=O)N(C)Cc1cc2cc(F)ccc2[nH]1. The Hall–Kier alpha value is -2.83. The Morgan fingerprint density at radius 3 is 2.88 bits per heavy atom. The number of halogens is 1. The summed E-state index contributed by atoms with van der Waals surface area (Å²) in [4.78, 5) is 17.0. The molecule has 2 heterocycles. The lowest BCUT2D eigenvalue weighted by molar-refractivity contribution is 0.206. The van der Waals surface area contributed by atoms with E-state index in [4.69, 9.17) is 4.52 Å². The Labute approximate surface area is 151 Å². The lowest BCUT2D eigenvalue weighted by Crippen LogP contribution is -2.37. The highest BCUT2D eigenvalue weighted by atomic mass is 19.1. The van der Waals surface area contributed by atoms with Gasteiger partial charge in [-0.3, -0.25) is 0 Å². The van der Waals surface area contributed by atoms with E-state index >= 15 is 0 Å². The number of nitrogens with one attached hydrogen (secondary N) is 2. The molecule has 7 heteroatoms. The van der Waals surface area contributed by atoms with Gasteiger partial charge in [-0.15, -0.1) is 0 Å². The van der Waals surface area contributed by atoms with Gasteiger partial charge in [0.1, 0.15) is 11.6 Å². The van der Waals surface area contributed by atoms with Gasteiger partial charge in [0.15, 0.2) is 0 Å². The molecular formula is C19H23FN4O2. The number of benzene rings is 1. The molecule has 0 aliphatic rings. The summed E-state index contributed by atoms with van der Waals surface area (Å²) in [7, 11) is 1.73. The van der Waals surface area contributed by atoms with Crippen LogP contribution in [0.3, 0.4) is 0 Å². The van der Waals surface area contributed by atoms with Gasteiger partial charge in [-0.1, -0.05) is 5.16 Å². The van der Waals surface area contributed by atoms with E-state index in [2.05, 4.69) is 15.5 Å². The predicted octanol–water partition coefficient (Wildman–Crippen LogP) is 3.69. The summed E-state index contributed by atoms with van der Waals surface area (Å²) in [5, 5.41) is 7.64. The molecule has 0 unspecified atom stereocenters. The number of carbonyl (C=O) groups excluding carboxylic acids is 1. The molecule has 0 saturated carbocycles. The molecule has 0 bridgehead atoms. The van der Waals surface area contributed by atoms with Gasteiger partial charge in [0.2, 0.25) is 0 Å². The largest absolute Gasteiger partial charge is 0.361 e. The minimum Gasteiger partial charge on any atom is -0.361 e. The minimum atomic E-state index is -0.271. The maximum atomic E-state index is 13.3. The standard InChI is InChI=1S/C19H23FN4O2/c1-12-17(13(2)26-23-12)5-4-8-21-19(25)24(3)11-16-10-14-9-15(20)6-7-18(14)22-16/h6-7,9-10,22H,4-5,8,11H2,1-3H3,(H,21,25). The maximum absolute atomic E-state index is 13.3. The highest BCUT2D eigenvalue weighted by molar-refractivity contribution is 5.80. The molecule has 1 aromatic carbocycles. The van der Waals surface area contributed by atoms with E-state index in [1.807, 2.05) is 19.9 Å². The van der Waals surface area contributed by atoms with Crippen LogP contribution in [0.15, 0.2) is 28.8 Å². The van der Waals surface area contributed by atoms with Crippen LogP contribution < -0.4 is 5.32 Å². The van der Waals surface area contributed by atoms with Crippen molar-refractivity contribution in [3.8, 4) is 0 Å². The summed E-state index contributed by atoms with van der Waals surface area (Å²) in [6, 6.07) is 6.30. The summed E-state index contributed by atoms with van der Waals surface area (Å²) in [6.45, 7) is 4.81. The lowest BCUT2D eigenvalue weighted by atomic mass is 10.1. The Morgan fingerprint density at radius 2 is 2.15 bits per heavy atom. The number of carbonyl (C=O) groups is 1. The van der Waals surface area contributed by atoms with Crippen LogP contribution in [0.2, 0.25) is 0 Å². The van der Waals surface area contributed by atoms with Crippen LogP contribution in [0.25, 0.3) is 10.9 Å². The summed E-state index contributed by atoms with van der Waals surface area (Å²) in [5.41, 5.74) is 3.73. The van der Waals surface area contributed by atoms with Crippen molar-refractivity contribution in [1.82, 2.24) is 20.4 Å². The molecule has 2 amide bonds. The lowest BCUT2D eigenvalue weighted by Gasteiger charge is -2.17. The average Bonchev–Trinajstić information content (AvgIpc) is 3.14. The third-order valence-corrected chi connectivity index (χ3v) is 4.45. The van der Waals surface area contributed by atoms with Crippen LogP contribution in [0.5, 0.6) is 0 Å². The van der Waals surface area contributed by atoms with Gasteiger partial charge in [0.25, 0.3) is 0 Å². The van der Waals surface area contributed by atoms with Crippen LogP contribution in [0.1, 0.15) is 29.1 Å². The zero-order chi connectivity index (χ0) is 18.7. The number of aryl methyl sites for hydroxylation is 2. The second-order valence-corrected chi connectivity index (χ2v) is 6.52. The average molecular weight is 358 g/mol. The fourth-order valence-electron chi connectivity index (χ4n) is 3.03. The number of hydrogen-bond donors (Lipinski definition) is 2. The molecule has 138 valence electrons. The molecule has 0 fully saturated rings. The van der Waals surface area contributed by atoms with E-state index in [1.54, 1.807) is 18.0 Å². The molecule has 2 aromatic heterocycles. The summed E-state index contributed by atoms with van der Waals surface area (Å²) >= 11 is 0. The zero-order valence-corrected chi connectivity index (χ0v) is 15.2. The normalized spacial score (nSPS) is 11.1. The molecule has 0 atom stereocenters. The third-order valence-electron chi connectivity index (χ3n) is 4.45. The van der Waals surface area contributed by atoms with Crippen molar-refractivity contribution in [3.63, 3.8) is 0 Å². The second-order valence-electron chi connectivity index (χ2n) is 6.52. The molecule has 0 spiro atoms. The zero-order valence-electron chi connectivity index (χ0n) is 15.2. The Kier molecular flexibility index (Phi) is 5.25. The number of amides is 2. The fourth-order valence-corrected chi connectivity index (χ4v) is 3.03. The maximum Gasteiger partial charge on any atom is 0.317 e. The van der Waals surface area contributed by atoms with Crippen LogP contribution in [0, 0.1) is 19.7 Å². The molecule has 2 N–H and O–H groups in total.